The first kappa shape index (κ1) is 34.7. The van der Waals surface area contributed by atoms with Crippen LogP contribution < -0.4 is 10.4 Å². The molecule has 0 saturated carbocycles. The fourth-order valence-electron chi connectivity index (χ4n) is 8.89. The van der Waals surface area contributed by atoms with Gasteiger partial charge in [0.1, 0.15) is 0 Å². The van der Waals surface area contributed by atoms with Crippen LogP contribution in [0.2, 0.25) is 0 Å². The summed E-state index contributed by atoms with van der Waals surface area (Å²) in [4.78, 5) is 5.15. The molecule has 0 fully saturated rings. The Bertz CT molecular complexity index is 3190. The van der Waals surface area contributed by atoms with Crippen LogP contribution in [0.4, 0.5) is 0 Å². The van der Waals surface area contributed by atoms with Crippen molar-refractivity contribution in [3.63, 3.8) is 0 Å². The van der Waals surface area contributed by atoms with Gasteiger partial charge in [0.2, 0.25) is 0 Å². The van der Waals surface area contributed by atoms with Crippen molar-refractivity contribution >= 4 is 44.6 Å². The van der Waals surface area contributed by atoms with E-state index >= 15 is 0 Å². The van der Waals surface area contributed by atoms with E-state index in [1.54, 1.807) is 0 Å². The molecule has 0 amide bonds. The number of allylic oxidation sites excluding steroid dienone is 4. The molecule has 0 spiro atoms. The minimum atomic E-state index is 0.216. The van der Waals surface area contributed by atoms with Crippen LogP contribution in [-0.2, 0) is 0 Å². The summed E-state index contributed by atoms with van der Waals surface area (Å²) in [7, 11) is 0. The van der Waals surface area contributed by atoms with E-state index in [1.165, 1.54) is 102 Å². The second-order valence-electron chi connectivity index (χ2n) is 15.2. The number of benzene rings is 7. The standard InChI is InChI=1S/C56H38S2/c1-3-14-38(15-4-1)51-29-31-53(57-51)43-19-11-21-45(34-43)55-47-23-9-10-24-48(47)56(46-22-12-20-44(35-46)54-32-30-52(58-54)39-16-5-2-6-17-39)50-36-42(27-28-49(50)55)41-26-25-37-13-7-8-18-40(37)33-41/h1-23,25-36,48H,24H2. The van der Waals surface area contributed by atoms with Gasteiger partial charge < -0.3 is 0 Å². The smallest absolute Gasteiger partial charge is 0.0349 e. The van der Waals surface area contributed by atoms with Gasteiger partial charge in [0.15, 0.2) is 0 Å². The number of hydrogen-bond acceptors (Lipinski definition) is 2. The van der Waals surface area contributed by atoms with Gasteiger partial charge >= 0.3 is 0 Å². The fourth-order valence-corrected chi connectivity index (χ4v) is 10.9. The highest BCUT2D eigenvalue weighted by Crippen LogP contribution is 2.43. The van der Waals surface area contributed by atoms with Gasteiger partial charge in [0.25, 0.3) is 0 Å². The van der Waals surface area contributed by atoms with Gasteiger partial charge in [0, 0.05) is 25.4 Å². The normalized spacial score (nSPS) is 14.6. The molecular formula is C56H38S2. The van der Waals surface area contributed by atoms with Crippen molar-refractivity contribution in [2.75, 3.05) is 0 Å². The Morgan fingerprint density at radius 3 is 1.59 bits per heavy atom. The van der Waals surface area contributed by atoms with Crippen LogP contribution in [0.3, 0.4) is 0 Å². The Balaban J connectivity index is 1.12. The summed E-state index contributed by atoms with van der Waals surface area (Å²) in [6, 6.07) is 71.8. The minimum Gasteiger partial charge on any atom is -0.135 e. The van der Waals surface area contributed by atoms with Gasteiger partial charge in [-0.15, -0.1) is 22.7 Å². The van der Waals surface area contributed by atoms with Crippen LogP contribution in [0, 0.1) is 5.92 Å². The van der Waals surface area contributed by atoms with Gasteiger partial charge in [-0.3, -0.25) is 0 Å². The first-order valence-corrected chi connectivity index (χ1v) is 21.6. The summed E-state index contributed by atoms with van der Waals surface area (Å²) in [6.07, 6.45) is 7.95. The molecule has 0 nitrogen and oxygen atoms in total. The summed E-state index contributed by atoms with van der Waals surface area (Å²) >= 11 is 3.73. The van der Waals surface area contributed by atoms with Gasteiger partial charge in [-0.05, 0) is 137 Å². The molecule has 9 aromatic rings. The van der Waals surface area contributed by atoms with Crippen LogP contribution in [0.5, 0.6) is 0 Å². The van der Waals surface area contributed by atoms with Gasteiger partial charge in [-0.1, -0.05) is 164 Å². The van der Waals surface area contributed by atoms with Crippen molar-refractivity contribution in [3.8, 4) is 52.9 Å². The van der Waals surface area contributed by atoms with E-state index in [1.807, 2.05) is 22.7 Å². The van der Waals surface area contributed by atoms with Crippen molar-refractivity contribution in [1.82, 2.24) is 0 Å². The number of rotatable bonds is 7. The predicted octanol–water partition coefficient (Wildman–Crippen LogP) is 14.2. The molecule has 2 heteroatoms. The van der Waals surface area contributed by atoms with Gasteiger partial charge in [-0.2, -0.15) is 0 Å². The maximum absolute atomic E-state index is 2.48. The van der Waals surface area contributed by atoms with E-state index in [2.05, 4.69) is 212 Å². The van der Waals surface area contributed by atoms with E-state index in [4.69, 9.17) is 0 Å². The Labute approximate surface area is 347 Å². The molecule has 0 aliphatic heterocycles. The quantitative estimate of drug-likeness (QED) is 0.151. The van der Waals surface area contributed by atoms with Crippen LogP contribution in [0.1, 0.15) is 17.5 Å². The summed E-state index contributed by atoms with van der Waals surface area (Å²) in [6.45, 7) is 0. The first-order chi connectivity index (χ1) is 28.7. The lowest BCUT2D eigenvalue weighted by Gasteiger charge is -2.31. The molecule has 1 atom stereocenters. The summed E-state index contributed by atoms with van der Waals surface area (Å²) < 4.78 is 0. The average molecular weight is 775 g/mol. The molecule has 0 radical (unpaired) electrons. The molecule has 58 heavy (non-hydrogen) atoms. The molecule has 11 rings (SSSR count). The topological polar surface area (TPSA) is 0 Å². The van der Waals surface area contributed by atoms with Gasteiger partial charge in [-0.25, -0.2) is 0 Å². The molecule has 1 unspecified atom stereocenters. The third-order valence-electron chi connectivity index (χ3n) is 11.7. The SMILES string of the molecule is C1=CCC2C(=C1)C(c1cccc(-c3ccc(-c4ccccc4)s3)c1)=c1ccc(-c3ccc4ccccc4c3)cc1=C2c1cccc(-c2ccc(-c3ccccc3)s2)c1. The van der Waals surface area contributed by atoms with Crippen molar-refractivity contribution in [2.24, 2.45) is 5.92 Å². The number of thiophene rings is 2. The zero-order valence-corrected chi connectivity index (χ0v) is 33.4. The van der Waals surface area contributed by atoms with Crippen molar-refractivity contribution < 1.29 is 0 Å². The van der Waals surface area contributed by atoms with Gasteiger partial charge in [0.05, 0.1) is 0 Å². The van der Waals surface area contributed by atoms with E-state index < -0.39 is 0 Å². The lowest BCUT2D eigenvalue weighted by atomic mass is 9.72. The molecule has 0 N–H and O–H groups in total. The molecule has 2 aromatic heterocycles. The average Bonchev–Trinajstić information content (AvgIpc) is 4.01. The maximum Gasteiger partial charge on any atom is 0.0349 e. The van der Waals surface area contributed by atoms with Crippen LogP contribution in [0.25, 0.3) is 74.8 Å². The predicted molar refractivity (Wildman–Crippen MR) is 249 cm³/mol. The molecule has 0 bridgehead atoms. The first-order valence-electron chi connectivity index (χ1n) is 20.0. The lowest BCUT2D eigenvalue weighted by Crippen LogP contribution is -2.38. The lowest BCUT2D eigenvalue weighted by molar-refractivity contribution is 0.798. The van der Waals surface area contributed by atoms with E-state index in [0.717, 1.165) is 6.42 Å². The molecule has 7 aromatic carbocycles. The summed E-state index contributed by atoms with van der Waals surface area (Å²) in [5.41, 5.74) is 14.2. The zero-order chi connectivity index (χ0) is 38.4. The number of fused-ring (bicyclic) bond motifs is 3. The van der Waals surface area contributed by atoms with Crippen LogP contribution in [-0.4, -0.2) is 0 Å². The molecular weight excluding hydrogens is 737 g/mol. The summed E-state index contributed by atoms with van der Waals surface area (Å²) in [5, 5.41) is 5.13. The Morgan fingerprint density at radius 1 is 0.362 bits per heavy atom. The van der Waals surface area contributed by atoms with Crippen LogP contribution >= 0.6 is 22.7 Å². The van der Waals surface area contributed by atoms with E-state index in [0.29, 0.717) is 0 Å². The summed E-state index contributed by atoms with van der Waals surface area (Å²) in [5.74, 6) is 0.216. The molecule has 274 valence electrons. The number of hydrogen-bond donors (Lipinski definition) is 0. The molecule has 2 aliphatic carbocycles. The maximum atomic E-state index is 2.48. The highest BCUT2D eigenvalue weighted by molar-refractivity contribution is 7.19. The monoisotopic (exact) mass is 774 g/mol. The Morgan fingerprint density at radius 2 is 0.897 bits per heavy atom. The molecule has 2 aliphatic rings. The largest absolute Gasteiger partial charge is 0.135 e. The highest BCUT2D eigenvalue weighted by atomic mass is 32.1. The van der Waals surface area contributed by atoms with E-state index in [-0.39, 0.29) is 5.92 Å². The minimum absolute atomic E-state index is 0.216. The third kappa shape index (κ3) is 6.32. The van der Waals surface area contributed by atoms with Crippen LogP contribution in [0.15, 0.2) is 218 Å². The highest BCUT2D eigenvalue weighted by Gasteiger charge is 2.30. The second-order valence-corrected chi connectivity index (χ2v) is 17.3. The fraction of sp³-hybridized carbons (Fsp3) is 0.0357. The Hall–Kier alpha value is -6.58. The van der Waals surface area contributed by atoms with Crippen molar-refractivity contribution in [1.29, 1.82) is 0 Å². The third-order valence-corrected chi connectivity index (χ3v) is 14.0. The van der Waals surface area contributed by atoms with Crippen molar-refractivity contribution in [3.05, 3.63) is 239 Å². The second kappa shape index (κ2) is 14.7. The zero-order valence-electron chi connectivity index (χ0n) is 31.8. The molecule has 2 heterocycles. The Kier molecular flexibility index (Phi) is 8.80. The molecule has 0 saturated heterocycles. The van der Waals surface area contributed by atoms with Crippen molar-refractivity contribution in [2.45, 2.75) is 6.42 Å². The van der Waals surface area contributed by atoms with E-state index in [9.17, 15) is 0 Å².